The van der Waals surface area contributed by atoms with Crippen molar-refractivity contribution in [3.63, 3.8) is 0 Å². The number of fused-ring (bicyclic) bond motifs is 1. The molecule has 4 heteroatoms. The lowest BCUT2D eigenvalue weighted by atomic mass is 10.0. The average molecular weight is 271 g/mol. The molecule has 0 aromatic heterocycles. The fourth-order valence-corrected chi connectivity index (χ4v) is 2.73. The topological polar surface area (TPSA) is 49.8 Å². The number of carboxylic acid groups (broad SMARTS) is 1. The summed E-state index contributed by atoms with van der Waals surface area (Å²) in [6.07, 6.45) is 0.995. The van der Waals surface area contributed by atoms with E-state index in [1.54, 1.807) is 6.07 Å². The van der Waals surface area contributed by atoms with Gasteiger partial charge in [0.2, 0.25) is 0 Å². The smallest absolute Gasteiger partial charge is 0.336 e. The van der Waals surface area contributed by atoms with Gasteiger partial charge in [0.05, 0.1) is 12.2 Å². The Balaban J connectivity index is 2.12. The number of hydrogen-bond donors (Lipinski definition) is 1. The number of ether oxygens (including phenoxy) is 1. The van der Waals surface area contributed by atoms with E-state index in [-0.39, 0.29) is 0 Å². The number of carbonyl (C=O) groups is 1. The lowest BCUT2D eigenvalue weighted by Crippen LogP contribution is -2.26. The van der Waals surface area contributed by atoms with E-state index in [1.165, 1.54) is 0 Å². The SMILES string of the molecule is O=C(O)c1ccc(N2CCCOCC2)c2ccccc12. The van der Waals surface area contributed by atoms with E-state index in [4.69, 9.17) is 4.74 Å². The van der Waals surface area contributed by atoms with Crippen molar-refractivity contribution in [2.24, 2.45) is 0 Å². The highest BCUT2D eigenvalue weighted by molar-refractivity contribution is 6.07. The van der Waals surface area contributed by atoms with Gasteiger partial charge in [0.15, 0.2) is 0 Å². The maximum atomic E-state index is 11.3. The number of benzene rings is 2. The van der Waals surface area contributed by atoms with Crippen LogP contribution in [0.5, 0.6) is 0 Å². The zero-order valence-corrected chi connectivity index (χ0v) is 11.2. The molecule has 1 heterocycles. The third-order valence-electron chi connectivity index (χ3n) is 3.69. The summed E-state index contributed by atoms with van der Waals surface area (Å²) in [7, 11) is 0. The van der Waals surface area contributed by atoms with Crippen LogP contribution >= 0.6 is 0 Å². The Labute approximate surface area is 117 Å². The molecule has 1 N–H and O–H groups in total. The second-order valence-corrected chi connectivity index (χ2v) is 4.94. The highest BCUT2D eigenvalue weighted by Gasteiger charge is 2.16. The first kappa shape index (κ1) is 12.9. The first-order chi connectivity index (χ1) is 9.77. The standard InChI is InChI=1S/C16H17NO3/c18-16(19)14-6-7-15(13-5-2-1-4-12(13)14)17-8-3-10-20-11-9-17/h1-2,4-7H,3,8-11H2,(H,18,19). The van der Waals surface area contributed by atoms with Crippen molar-refractivity contribution in [3.8, 4) is 0 Å². The van der Waals surface area contributed by atoms with Crippen LogP contribution < -0.4 is 4.90 Å². The maximum Gasteiger partial charge on any atom is 0.336 e. The van der Waals surface area contributed by atoms with E-state index >= 15 is 0 Å². The number of aromatic carboxylic acids is 1. The Bertz CT molecular complexity index is 631. The van der Waals surface area contributed by atoms with Crippen LogP contribution in [0.4, 0.5) is 5.69 Å². The number of nitrogens with zero attached hydrogens (tertiary/aromatic N) is 1. The Morgan fingerprint density at radius 1 is 1.05 bits per heavy atom. The van der Waals surface area contributed by atoms with E-state index in [0.29, 0.717) is 5.56 Å². The molecule has 0 aliphatic carbocycles. The average Bonchev–Trinajstić information content (AvgIpc) is 2.75. The van der Waals surface area contributed by atoms with E-state index in [2.05, 4.69) is 4.90 Å². The summed E-state index contributed by atoms with van der Waals surface area (Å²) in [5, 5.41) is 11.1. The van der Waals surface area contributed by atoms with Crippen LogP contribution in [0.25, 0.3) is 10.8 Å². The first-order valence-electron chi connectivity index (χ1n) is 6.85. The Morgan fingerprint density at radius 3 is 2.65 bits per heavy atom. The summed E-state index contributed by atoms with van der Waals surface area (Å²) >= 11 is 0. The van der Waals surface area contributed by atoms with Crippen LogP contribution in [-0.2, 0) is 4.74 Å². The van der Waals surface area contributed by atoms with Gasteiger partial charge >= 0.3 is 5.97 Å². The van der Waals surface area contributed by atoms with Gasteiger partial charge in [0, 0.05) is 30.8 Å². The maximum absolute atomic E-state index is 11.3. The van der Waals surface area contributed by atoms with Crippen LogP contribution in [-0.4, -0.2) is 37.4 Å². The van der Waals surface area contributed by atoms with Gasteiger partial charge in [-0.2, -0.15) is 0 Å². The molecule has 0 radical (unpaired) electrons. The normalized spacial score (nSPS) is 16.1. The van der Waals surface area contributed by atoms with Crippen molar-refractivity contribution in [2.45, 2.75) is 6.42 Å². The third kappa shape index (κ3) is 2.34. The van der Waals surface area contributed by atoms with Crippen LogP contribution in [0.1, 0.15) is 16.8 Å². The minimum atomic E-state index is -0.882. The van der Waals surface area contributed by atoms with E-state index in [0.717, 1.165) is 49.2 Å². The molecule has 0 unspecified atom stereocenters. The molecule has 1 aliphatic rings. The van der Waals surface area contributed by atoms with Gasteiger partial charge in [-0.15, -0.1) is 0 Å². The van der Waals surface area contributed by atoms with Crippen LogP contribution in [0, 0.1) is 0 Å². The molecule has 1 saturated heterocycles. The molecule has 2 aromatic carbocycles. The molecule has 20 heavy (non-hydrogen) atoms. The van der Waals surface area contributed by atoms with Crippen molar-refractivity contribution in [2.75, 3.05) is 31.2 Å². The fraction of sp³-hybridized carbons (Fsp3) is 0.312. The lowest BCUT2D eigenvalue weighted by Gasteiger charge is -2.24. The monoisotopic (exact) mass is 271 g/mol. The van der Waals surface area contributed by atoms with Crippen LogP contribution in [0.15, 0.2) is 36.4 Å². The van der Waals surface area contributed by atoms with Crippen LogP contribution in [0.2, 0.25) is 0 Å². The number of rotatable bonds is 2. The summed E-state index contributed by atoms with van der Waals surface area (Å²) in [5.41, 5.74) is 1.45. The molecule has 3 rings (SSSR count). The highest BCUT2D eigenvalue weighted by atomic mass is 16.5. The minimum absolute atomic E-state index is 0.357. The van der Waals surface area contributed by atoms with Gasteiger partial charge in [-0.1, -0.05) is 24.3 Å². The molecule has 1 fully saturated rings. The summed E-state index contributed by atoms with van der Waals surface area (Å²) in [6.45, 7) is 3.30. The molecular weight excluding hydrogens is 254 g/mol. The van der Waals surface area contributed by atoms with E-state index in [1.807, 2.05) is 30.3 Å². The summed E-state index contributed by atoms with van der Waals surface area (Å²) in [5.74, 6) is -0.882. The lowest BCUT2D eigenvalue weighted by molar-refractivity contribution is 0.0699. The van der Waals surface area contributed by atoms with Gasteiger partial charge in [-0.05, 0) is 23.9 Å². The van der Waals surface area contributed by atoms with Crippen molar-refractivity contribution in [1.82, 2.24) is 0 Å². The number of hydrogen-bond acceptors (Lipinski definition) is 3. The molecule has 1 aliphatic heterocycles. The summed E-state index contributed by atoms with van der Waals surface area (Å²) in [4.78, 5) is 13.6. The van der Waals surface area contributed by atoms with Gasteiger partial charge in [0.25, 0.3) is 0 Å². The molecule has 104 valence electrons. The zero-order chi connectivity index (χ0) is 13.9. The second-order valence-electron chi connectivity index (χ2n) is 4.94. The van der Waals surface area contributed by atoms with Crippen molar-refractivity contribution in [3.05, 3.63) is 42.0 Å². The largest absolute Gasteiger partial charge is 0.478 e. The molecule has 0 amide bonds. The van der Waals surface area contributed by atoms with Gasteiger partial charge in [-0.25, -0.2) is 4.79 Å². The number of anilines is 1. The predicted molar refractivity (Wildman–Crippen MR) is 78.6 cm³/mol. The Morgan fingerprint density at radius 2 is 1.85 bits per heavy atom. The molecule has 2 aromatic rings. The second kappa shape index (κ2) is 5.51. The Kier molecular flexibility index (Phi) is 3.56. The van der Waals surface area contributed by atoms with Gasteiger partial charge in [0.1, 0.15) is 0 Å². The van der Waals surface area contributed by atoms with E-state index in [9.17, 15) is 9.90 Å². The van der Waals surface area contributed by atoms with E-state index < -0.39 is 5.97 Å². The molecule has 0 atom stereocenters. The minimum Gasteiger partial charge on any atom is -0.478 e. The predicted octanol–water partition coefficient (Wildman–Crippen LogP) is 2.76. The van der Waals surface area contributed by atoms with Crippen molar-refractivity contribution >= 4 is 22.4 Å². The fourth-order valence-electron chi connectivity index (χ4n) is 2.73. The molecule has 0 bridgehead atoms. The molecule has 4 nitrogen and oxygen atoms in total. The summed E-state index contributed by atoms with van der Waals surface area (Å²) < 4.78 is 5.48. The quantitative estimate of drug-likeness (QED) is 0.912. The Hall–Kier alpha value is -2.07. The third-order valence-corrected chi connectivity index (χ3v) is 3.69. The van der Waals surface area contributed by atoms with Crippen LogP contribution in [0.3, 0.4) is 0 Å². The molecular formula is C16H17NO3. The highest BCUT2D eigenvalue weighted by Crippen LogP contribution is 2.30. The molecule has 0 spiro atoms. The van der Waals surface area contributed by atoms with Gasteiger partial charge in [-0.3, -0.25) is 0 Å². The van der Waals surface area contributed by atoms with Crippen molar-refractivity contribution in [1.29, 1.82) is 0 Å². The number of carboxylic acids is 1. The van der Waals surface area contributed by atoms with Crippen molar-refractivity contribution < 1.29 is 14.6 Å². The van der Waals surface area contributed by atoms with Gasteiger partial charge < -0.3 is 14.7 Å². The molecule has 0 saturated carbocycles. The summed E-state index contributed by atoms with van der Waals surface area (Å²) in [6, 6.07) is 11.3. The first-order valence-corrected chi connectivity index (χ1v) is 6.85. The zero-order valence-electron chi connectivity index (χ0n) is 11.2.